The molecule has 21 heavy (non-hydrogen) atoms. The van der Waals surface area contributed by atoms with Crippen LogP contribution < -0.4 is 0 Å². The van der Waals surface area contributed by atoms with E-state index >= 15 is 0 Å². The van der Waals surface area contributed by atoms with E-state index in [1.165, 1.54) is 16.7 Å². The minimum absolute atomic E-state index is 0.179. The highest BCUT2D eigenvalue weighted by atomic mass is 16.5. The van der Waals surface area contributed by atoms with E-state index in [-0.39, 0.29) is 6.10 Å². The normalized spacial score (nSPS) is 17.7. The molecule has 1 fully saturated rings. The van der Waals surface area contributed by atoms with Gasteiger partial charge >= 0.3 is 0 Å². The van der Waals surface area contributed by atoms with Crippen molar-refractivity contribution in [2.24, 2.45) is 0 Å². The Morgan fingerprint density at radius 2 is 1.76 bits per heavy atom. The monoisotopic (exact) mass is 278 g/mol. The van der Waals surface area contributed by atoms with E-state index in [0.29, 0.717) is 6.61 Å². The number of rotatable bonds is 4. The molecule has 2 aromatic carbocycles. The fourth-order valence-electron chi connectivity index (χ4n) is 2.59. The van der Waals surface area contributed by atoms with Crippen LogP contribution in [0.15, 0.2) is 54.6 Å². The van der Waals surface area contributed by atoms with Gasteiger partial charge in [0.2, 0.25) is 0 Å². The summed E-state index contributed by atoms with van der Waals surface area (Å²) in [5.74, 6) is 0. The van der Waals surface area contributed by atoms with Crippen LogP contribution >= 0.6 is 0 Å². The zero-order valence-corrected chi connectivity index (χ0v) is 11.9. The molecule has 1 unspecified atom stereocenters. The minimum Gasteiger partial charge on any atom is -0.372 e. The number of ether oxygens (including phenoxy) is 1. The Hall–Kier alpha value is -2.31. The SMILES string of the molecule is N#CN1CCC(OCc2ccc(-c3ccccc3)cc2)C1. The number of nitriles is 1. The molecule has 0 saturated carbocycles. The lowest BCUT2D eigenvalue weighted by molar-refractivity contribution is 0.0498. The summed E-state index contributed by atoms with van der Waals surface area (Å²) in [6.45, 7) is 2.14. The highest BCUT2D eigenvalue weighted by Crippen LogP contribution is 2.20. The van der Waals surface area contributed by atoms with Crippen molar-refractivity contribution in [2.75, 3.05) is 13.1 Å². The molecule has 3 heteroatoms. The quantitative estimate of drug-likeness (QED) is 0.804. The van der Waals surface area contributed by atoms with Gasteiger partial charge < -0.3 is 9.64 Å². The highest BCUT2D eigenvalue weighted by molar-refractivity contribution is 5.63. The summed E-state index contributed by atoms with van der Waals surface area (Å²) in [7, 11) is 0. The molecule has 0 aliphatic carbocycles. The largest absolute Gasteiger partial charge is 0.372 e. The third-order valence-electron chi connectivity index (χ3n) is 3.83. The van der Waals surface area contributed by atoms with E-state index in [9.17, 15) is 0 Å². The zero-order chi connectivity index (χ0) is 14.5. The molecule has 1 atom stereocenters. The lowest BCUT2D eigenvalue weighted by atomic mass is 10.0. The predicted molar refractivity (Wildman–Crippen MR) is 82.3 cm³/mol. The standard InChI is InChI=1S/C18H18N2O/c19-14-20-11-10-18(12-20)21-13-15-6-8-17(9-7-15)16-4-2-1-3-5-16/h1-9,18H,10-13H2. The molecule has 3 rings (SSSR count). The van der Waals surface area contributed by atoms with Crippen LogP contribution in [0.4, 0.5) is 0 Å². The van der Waals surface area contributed by atoms with Crippen LogP contribution in [0.25, 0.3) is 11.1 Å². The molecule has 0 spiro atoms. The molecule has 1 heterocycles. The fourth-order valence-corrected chi connectivity index (χ4v) is 2.59. The van der Waals surface area contributed by atoms with Gasteiger partial charge in [0, 0.05) is 6.54 Å². The van der Waals surface area contributed by atoms with E-state index in [0.717, 1.165) is 19.5 Å². The number of hydrogen-bond acceptors (Lipinski definition) is 3. The van der Waals surface area contributed by atoms with Crippen molar-refractivity contribution in [3.63, 3.8) is 0 Å². The predicted octanol–water partition coefficient (Wildman–Crippen LogP) is 3.43. The van der Waals surface area contributed by atoms with Gasteiger partial charge in [0.1, 0.15) is 0 Å². The maximum atomic E-state index is 8.83. The highest BCUT2D eigenvalue weighted by Gasteiger charge is 2.21. The molecular formula is C18H18N2O. The van der Waals surface area contributed by atoms with Crippen molar-refractivity contribution in [3.8, 4) is 17.3 Å². The Kier molecular flexibility index (Phi) is 4.18. The summed E-state index contributed by atoms with van der Waals surface area (Å²) < 4.78 is 5.87. The molecule has 1 saturated heterocycles. The number of hydrogen-bond donors (Lipinski definition) is 0. The first kappa shape index (κ1) is 13.7. The first-order valence-electron chi connectivity index (χ1n) is 7.26. The van der Waals surface area contributed by atoms with Crippen molar-refractivity contribution in [1.82, 2.24) is 4.90 Å². The van der Waals surface area contributed by atoms with Gasteiger partial charge in [-0.2, -0.15) is 5.26 Å². The van der Waals surface area contributed by atoms with Gasteiger partial charge in [0.05, 0.1) is 19.3 Å². The summed E-state index contributed by atoms with van der Waals surface area (Å²) in [6.07, 6.45) is 3.29. The van der Waals surface area contributed by atoms with E-state index in [2.05, 4.69) is 42.6 Å². The van der Waals surface area contributed by atoms with E-state index in [4.69, 9.17) is 10.00 Å². The van der Waals surface area contributed by atoms with Gasteiger partial charge in [0.25, 0.3) is 0 Å². The molecular weight excluding hydrogens is 260 g/mol. The molecule has 106 valence electrons. The van der Waals surface area contributed by atoms with Crippen LogP contribution in [-0.2, 0) is 11.3 Å². The number of likely N-dealkylation sites (tertiary alicyclic amines) is 1. The van der Waals surface area contributed by atoms with Gasteiger partial charge in [-0.15, -0.1) is 0 Å². The van der Waals surface area contributed by atoms with Crippen LogP contribution in [0.3, 0.4) is 0 Å². The van der Waals surface area contributed by atoms with Crippen LogP contribution in [0.1, 0.15) is 12.0 Å². The Morgan fingerprint density at radius 3 is 2.43 bits per heavy atom. The molecule has 0 aromatic heterocycles. The van der Waals surface area contributed by atoms with Crippen molar-refractivity contribution >= 4 is 0 Å². The zero-order valence-electron chi connectivity index (χ0n) is 11.9. The topological polar surface area (TPSA) is 36.3 Å². The molecule has 1 aliphatic rings. The maximum Gasteiger partial charge on any atom is 0.179 e. The molecule has 1 aliphatic heterocycles. The van der Waals surface area contributed by atoms with Gasteiger partial charge in [-0.05, 0) is 23.1 Å². The number of nitrogens with zero attached hydrogens (tertiary/aromatic N) is 2. The Morgan fingerprint density at radius 1 is 1.05 bits per heavy atom. The Bertz CT molecular complexity index is 616. The summed E-state index contributed by atoms with van der Waals surface area (Å²) in [5.41, 5.74) is 3.62. The van der Waals surface area contributed by atoms with E-state index in [1.807, 2.05) is 18.2 Å². The Balaban J connectivity index is 1.57. The second-order valence-corrected chi connectivity index (χ2v) is 5.33. The van der Waals surface area contributed by atoms with E-state index < -0.39 is 0 Å². The molecule has 3 nitrogen and oxygen atoms in total. The van der Waals surface area contributed by atoms with Crippen LogP contribution in [0, 0.1) is 11.5 Å². The summed E-state index contributed by atoms with van der Waals surface area (Å²) >= 11 is 0. The minimum atomic E-state index is 0.179. The molecule has 0 N–H and O–H groups in total. The average molecular weight is 278 g/mol. The lowest BCUT2D eigenvalue weighted by Crippen LogP contribution is -2.18. The summed E-state index contributed by atoms with van der Waals surface area (Å²) in [5, 5.41) is 8.83. The van der Waals surface area contributed by atoms with Crippen molar-refractivity contribution in [3.05, 3.63) is 60.2 Å². The van der Waals surface area contributed by atoms with Crippen molar-refractivity contribution < 1.29 is 4.74 Å². The van der Waals surface area contributed by atoms with E-state index in [1.54, 1.807) is 4.90 Å². The van der Waals surface area contributed by atoms with Crippen molar-refractivity contribution in [1.29, 1.82) is 5.26 Å². The van der Waals surface area contributed by atoms with Gasteiger partial charge in [-0.25, -0.2) is 0 Å². The van der Waals surface area contributed by atoms with Crippen LogP contribution in [0.5, 0.6) is 0 Å². The van der Waals surface area contributed by atoms with Crippen LogP contribution in [-0.4, -0.2) is 24.1 Å². The first-order valence-corrected chi connectivity index (χ1v) is 7.26. The number of benzene rings is 2. The molecule has 0 amide bonds. The smallest absolute Gasteiger partial charge is 0.179 e. The molecule has 0 radical (unpaired) electrons. The van der Waals surface area contributed by atoms with Crippen LogP contribution in [0.2, 0.25) is 0 Å². The summed E-state index contributed by atoms with van der Waals surface area (Å²) in [6, 6.07) is 18.8. The molecule has 2 aromatic rings. The Labute approximate surface area is 125 Å². The third kappa shape index (κ3) is 3.42. The third-order valence-corrected chi connectivity index (χ3v) is 3.83. The van der Waals surface area contributed by atoms with Gasteiger partial charge in [-0.3, -0.25) is 0 Å². The maximum absolute atomic E-state index is 8.83. The fraction of sp³-hybridized carbons (Fsp3) is 0.278. The first-order chi connectivity index (χ1) is 10.3. The van der Waals surface area contributed by atoms with Gasteiger partial charge in [-0.1, -0.05) is 54.6 Å². The lowest BCUT2D eigenvalue weighted by Gasteiger charge is -2.12. The van der Waals surface area contributed by atoms with Crippen molar-refractivity contribution in [2.45, 2.75) is 19.1 Å². The summed E-state index contributed by atoms with van der Waals surface area (Å²) in [4.78, 5) is 1.75. The van der Waals surface area contributed by atoms with Gasteiger partial charge in [0.15, 0.2) is 6.19 Å². The second kappa shape index (κ2) is 6.43. The second-order valence-electron chi connectivity index (χ2n) is 5.33. The average Bonchev–Trinajstić information content (AvgIpc) is 3.02. The molecule has 0 bridgehead atoms.